The van der Waals surface area contributed by atoms with E-state index in [-0.39, 0.29) is 0 Å². The SMILES string of the molecule is Cc1noc(C)c1-c1cnc2c(c1)ncn2Cc1ccccc1. The smallest absolute Gasteiger partial charge is 0.160 e. The zero-order chi connectivity index (χ0) is 15.8. The van der Waals surface area contributed by atoms with E-state index in [0.29, 0.717) is 0 Å². The maximum Gasteiger partial charge on any atom is 0.160 e. The summed E-state index contributed by atoms with van der Waals surface area (Å²) in [4.78, 5) is 9.10. The van der Waals surface area contributed by atoms with E-state index in [1.54, 1.807) is 0 Å². The third kappa shape index (κ3) is 2.40. The van der Waals surface area contributed by atoms with Gasteiger partial charge in [0.25, 0.3) is 0 Å². The van der Waals surface area contributed by atoms with E-state index in [1.165, 1.54) is 5.56 Å². The second-order valence-corrected chi connectivity index (χ2v) is 5.62. The van der Waals surface area contributed by atoms with Crippen molar-refractivity contribution in [2.24, 2.45) is 0 Å². The molecule has 0 amide bonds. The first kappa shape index (κ1) is 13.7. The highest BCUT2D eigenvalue weighted by atomic mass is 16.5. The Morgan fingerprint density at radius 3 is 2.65 bits per heavy atom. The van der Waals surface area contributed by atoms with E-state index in [2.05, 4.69) is 31.8 Å². The molecule has 4 aromatic rings. The van der Waals surface area contributed by atoms with Gasteiger partial charge in [-0.15, -0.1) is 0 Å². The first-order valence-electron chi connectivity index (χ1n) is 7.50. The minimum absolute atomic E-state index is 0.759. The maximum absolute atomic E-state index is 5.24. The molecule has 0 saturated heterocycles. The van der Waals surface area contributed by atoms with Crippen molar-refractivity contribution in [1.82, 2.24) is 19.7 Å². The Balaban J connectivity index is 1.75. The van der Waals surface area contributed by atoms with Gasteiger partial charge in [0, 0.05) is 17.3 Å². The molecule has 0 saturated carbocycles. The first-order valence-corrected chi connectivity index (χ1v) is 7.50. The fourth-order valence-electron chi connectivity index (χ4n) is 2.88. The van der Waals surface area contributed by atoms with E-state index in [9.17, 15) is 0 Å². The Bertz CT molecular complexity index is 950. The number of benzene rings is 1. The fourth-order valence-corrected chi connectivity index (χ4v) is 2.88. The summed E-state index contributed by atoms with van der Waals surface area (Å²) in [5.41, 5.74) is 5.83. The maximum atomic E-state index is 5.24. The summed E-state index contributed by atoms with van der Waals surface area (Å²) in [6, 6.07) is 12.3. The molecule has 4 rings (SSSR count). The van der Waals surface area contributed by atoms with Gasteiger partial charge in [-0.1, -0.05) is 35.5 Å². The van der Waals surface area contributed by atoms with Crippen LogP contribution in [0.1, 0.15) is 17.0 Å². The van der Waals surface area contributed by atoms with Crippen molar-refractivity contribution in [3.8, 4) is 11.1 Å². The van der Waals surface area contributed by atoms with Crippen LogP contribution in [0.4, 0.5) is 0 Å². The standard InChI is InChI=1S/C18H16N4O/c1-12-17(13(2)23-21-12)15-8-16-18(19-9-15)22(11-20-16)10-14-6-4-3-5-7-14/h3-9,11H,10H2,1-2H3. The minimum atomic E-state index is 0.759. The molecule has 0 fully saturated rings. The molecule has 0 radical (unpaired) electrons. The molecule has 1 aromatic carbocycles. The monoisotopic (exact) mass is 304 g/mol. The molecular formula is C18H16N4O. The molecule has 114 valence electrons. The molecule has 0 unspecified atom stereocenters. The third-order valence-corrected chi connectivity index (χ3v) is 3.97. The van der Waals surface area contributed by atoms with Gasteiger partial charge in [0.2, 0.25) is 0 Å². The van der Waals surface area contributed by atoms with Gasteiger partial charge in [-0.2, -0.15) is 0 Å². The highest BCUT2D eigenvalue weighted by Gasteiger charge is 2.14. The summed E-state index contributed by atoms with van der Waals surface area (Å²) in [5, 5.41) is 4.01. The third-order valence-electron chi connectivity index (χ3n) is 3.97. The first-order chi connectivity index (χ1) is 11.2. The summed E-state index contributed by atoms with van der Waals surface area (Å²) in [6.45, 7) is 4.60. The molecule has 5 nitrogen and oxygen atoms in total. The van der Waals surface area contributed by atoms with Crippen molar-refractivity contribution < 1.29 is 4.52 Å². The number of hydrogen-bond acceptors (Lipinski definition) is 4. The van der Waals surface area contributed by atoms with Gasteiger partial charge in [-0.25, -0.2) is 9.97 Å². The average Bonchev–Trinajstić information content (AvgIpc) is 3.11. The zero-order valence-corrected chi connectivity index (χ0v) is 13.0. The Kier molecular flexibility index (Phi) is 3.19. The van der Waals surface area contributed by atoms with E-state index < -0.39 is 0 Å². The van der Waals surface area contributed by atoms with Crippen LogP contribution in [-0.4, -0.2) is 19.7 Å². The minimum Gasteiger partial charge on any atom is -0.361 e. The van der Waals surface area contributed by atoms with E-state index in [4.69, 9.17) is 4.52 Å². The number of pyridine rings is 1. The molecule has 3 aromatic heterocycles. The van der Waals surface area contributed by atoms with Gasteiger partial charge in [0.1, 0.15) is 11.3 Å². The molecule has 0 atom stereocenters. The van der Waals surface area contributed by atoms with Crippen LogP contribution in [0.3, 0.4) is 0 Å². The molecular weight excluding hydrogens is 288 g/mol. The van der Waals surface area contributed by atoms with Crippen LogP contribution in [0, 0.1) is 13.8 Å². The van der Waals surface area contributed by atoms with Crippen molar-refractivity contribution in [2.45, 2.75) is 20.4 Å². The fraction of sp³-hybridized carbons (Fsp3) is 0.167. The van der Waals surface area contributed by atoms with E-state index in [0.717, 1.165) is 40.3 Å². The van der Waals surface area contributed by atoms with Crippen molar-refractivity contribution in [3.63, 3.8) is 0 Å². The predicted molar refractivity (Wildman–Crippen MR) is 88.0 cm³/mol. The van der Waals surface area contributed by atoms with Crippen molar-refractivity contribution in [1.29, 1.82) is 0 Å². The number of hydrogen-bond donors (Lipinski definition) is 0. The molecule has 0 aliphatic heterocycles. The van der Waals surface area contributed by atoms with Crippen LogP contribution >= 0.6 is 0 Å². The summed E-state index contributed by atoms with van der Waals surface area (Å²) in [7, 11) is 0. The van der Waals surface area contributed by atoms with Crippen molar-refractivity contribution in [2.75, 3.05) is 0 Å². The van der Waals surface area contributed by atoms with Gasteiger partial charge < -0.3 is 9.09 Å². The topological polar surface area (TPSA) is 56.7 Å². The Hall–Kier alpha value is -2.95. The Morgan fingerprint density at radius 2 is 1.91 bits per heavy atom. The molecule has 5 heteroatoms. The Labute approximate surface area is 133 Å². The van der Waals surface area contributed by atoms with Crippen LogP contribution in [-0.2, 0) is 6.54 Å². The van der Waals surface area contributed by atoms with Crippen LogP contribution in [0.5, 0.6) is 0 Å². The lowest BCUT2D eigenvalue weighted by Gasteiger charge is -2.04. The van der Waals surface area contributed by atoms with E-state index in [1.807, 2.05) is 50.6 Å². The number of nitrogens with zero attached hydrogens (tertiary/aromatic N) is 4. The average molecular weight is 304 g/mol. The second-order valence-electron chi connectivity index (χ2n) is 5.62. The van der Waals surface area contributed by atoms with Crippen LogP contribution in [0.25, 0.3) is 22.3 Å². The second kappa shape index (κ2) is 5.35. The predicted octanol–water partition coefficient (Wildman–Crippen LogP) is 3.75. The summed E-state index contributed by atoms with van der Waals surface area (Å²) in [5.74, 6) is 0.798. The lowest BCUT2D eigenvalue weighted by atomic mass is 10.1. The van der Waals surface area contributed by atoms with Gasteiger partial charge in [0.05, 0.1) is 18.6 Å². The van der Waals surface area contributed by atoms with Crippen molar-refractivity contribution in [3.05, 3.63) is 65.9 Å². The zero-order valence-electron chi connectivity index (χ0n) is 13.0. The summed E-state index contributed by atoms with van der Waals surface area (Å²) < 4.78 is 7.30. The molecule has 0 aliphatic rings. The van der Waals surface area contributed by atoms with Crippen molar-refractivity contribution >= 4 is 11.2 Å². The molecule has 0 spiro atoms. The van der Waals surface area contributed by atoms with Gasteiger partial charge in [-0.05, 0) is 25.5 Å². The van der Waals surface area contributed by atoms with Gasteiger partial charge in [0.15, 0.2) is 5.65 Å². The molecule has 0 N–H and O–H groups in total. The highest BCUT2D eigenvalue weighted by molar-refractivity contribution is 5.79. The number of aromatic nitrogens is 4. The van der Waals surface area contributed by atoms with Gasteiger partial charge >= 0.3 is 0 Å². The van der Waals surface area contributed by atoms with Crippen LogP contribution < -0.4 is 0 Å². The quantitative estimate of drug-likeness (QED) is 0.578. The number of aryl methyl sites for hydroxylation is 2. The largest absolute Gasteiger partial charge is 0.361 e. The van der Waals surface area contributed by atoms with Gasteiger partial charge in [-0.3, -0.25) is 0 Å². The van der Waals surface area contributed by atoms with E-state index >= 15 is 0 Å². The number of imidazole rings is 1. The lowest BCUT2D eigenvalue weighted by molar-refractivity contribution is 0.393. The number of fused-ring (bicyclic) bond motifs is 1. The molecule has 0 aliphatic carbocycles. The lowest BCUT2D eigenvalue weighted by Crippen LogP contribution is -1.99. The highest BCUT2D eigenvalue weighted by Crippen LogP contribution is 2.28. The van der Waals surface area contributed by atoms with Crippen LogP contribution in [0.15, 0.2) is 53.4 Å². The normalized spacial score (nSPS) is 11.2. The Morgan fingerprint density at radius 1 is 1.09 bits per heavy atom. The van der Waals surface area contributed by atoms with Crippen LogP contribution in [0.2, 0.25) is 0 Å². The summed E-state index contributed by atoms with van der Waals surface area (Å²) in [6.07, 6.45) is 3.69. The molecule has 0 bridgehead atoms. The molecule has 23 heavy (non-hydrogen) atoms. The summed E-state index contributed by atoms with van der Waals surface area (Å²) >= 11 is 0. The number of rotatable bonds is 3. The molecule has 3 heterocycles.